The molecule has 5 rings (SSSR count). The Hall–Kier alpha value is -4.06. The summed E-state index contributed by atoms with van der Waals surface area (Å²) in [5.41, 5.74) is 7.32. The maximum Gasteiger partial charge on any atom is 0.407 e. The van der Waals surface area contributed by atoms with Crippen LogP contribution < -0.4 is 5.32 Å². The third-order valence-electron chi connectivity index (χ3n) is 6.35. The van der Waals surface area contributed by atoms with E-state index in [9.17, 15) is 14.7 Å². The van der Waals surface area contributed by atoms with E-state index >= 15 is 0 Å². The Balaban J connectivity index is 1.29. The standard InChI is InChI=1S/C27H24N2O4/c1-16-7-6-12-23-25(16)17(14-28-23)13-24(26(30)31)29-27(32)33-15-22-20-10-4-2-8-18(20)19-9-3-5-11-21(19)22/h2-12,14,22,24,28H,13,15H2,1H3,(H,29,32)(H,30,31)/t24-/m0/s1. The number of carbonyl (C=O) groups excluding carboxylic acids is 1. The summed E-state index contributed by atoms with van der Waals surface area (Å²) in [5, 5.41) is 13.2. The van der Waals surface area contributed by atoms with Crippen molar-refractivity contribution in [2.24, 2.45) is 0 Å². The van der Waals surface area contributed by atoms with Crippen molar-refractivity contribution in [2.75, 3.05) is 6.61 Å². The van der Waals surface area contributed by atoms with Gasteiger partial charge >= 0.3 is 12.1 Å². The lowest BCUT2D eigenvalue weighted by Gasteiger charge is -2.17. The Morgan fingerprint density at radius 3 is 2.33 bits per heavy atom. The van der Waals surface area contributed by atoms with Crippen LogP contribution in [0.15, 0.2) is 72.9 Å². The number of benzene rings is 3. The summed E-state index contributed by atoms with van der Waals surface area (Å²) in [6.07, 6.45) is 1.22. The fourth-order valence-corrected chi connectivity index (χ4v) is 4.81. The maximum absolute atomic E-state index is 12.6. The van der Waals surface area contributed by atoms with Gasteiger partial charge in [0.05, 0.1) is 0 Å². The highest BCUT2D eigenvalue weighted by Gasteiger charge is 2.30. The molecule has 1 aromatic heterocycles. The Morgan fingerprint density at radius 2 is 1.67 bits per heavy atom. The van der Waals surface area contributed by atoms with Gasteiger partial charge in [-0.3, -0.25) is 0 Å². The van der Waals surface area contributed by atoms with Crippen LogP contribution in [-0.2, 0) is 16.0 Å². The van der Waals surface area contributed by atoms with Crippen LogP contribution in [0.2, 0.25) is 0 Å². The largest absolute Gasteiger partial charge is 0.480 e. The number of carbonyl (C=O) groups is 2. The maximum atomic E-state index is 12.6. The zero-order valence-electron chi connectivity index (χ0n) is 18.2. The van der Waals surface area contributed by atoms with Crippen LogP contribution in [0, 0.1) is 6.92 Å². The minimum absolute atomic E-state index is 0.0808. The Morgan fingerprint density at radius 1 is 1.00 bits per heavy atom. The molecule has 0 radical (unpaired) electrons. The molecule has 6 nitrogen and oxygen atoms in total. The number of amides is 1. The lowest BCUT2D eigenvalue weighted by atomic mass is 9.98. The minimum atomic E-state index is -1.11. The number of H-pyrrole nitrogens is 1. The summed E-state index contributed by atoms with van der Waals surface area (Å²) < 4.78 is 5.53. The van der Waals surface area contributed by atoms with Crippen LogP contribution in [-0.4, -0.2) is 34.8 Å². The molecule has 0 saturated heterocycles. The van der Waals surface area contributed by atoms with Gasteiger partial charge in [-0.15, -0.1) is 0 Å². The number of aromatic nitrogens is 1. The highest BCUT2D eigenvalue weighted by atomic mass is 16.5. The summed E-state index contributed by atoms with van der Waals surface area (Å²) >= 11 is 0. The molecule has 0 bridgehead atoms. The van der Waals surface area contributed by atoms with E-state index < -0.39 is 18.1 Å². The van der Waals surface area contributed by atoms with Gasteiger partial charge in [0.2, 0.25) is 0 Å². The third-order valence-corrected chi connectivity index (χ3v) is 6.35. The number of carboxylic acid groups (broad SMARTS) is 1. The summed E-state index contributed by atoms with van der Waals surface area (Å²) in [7, 11) is 0. The third kappa shape index (κ3) is 3.84. The van der Waals surface area contributed by atoms with Gasteiger partial charge in [0.1, 0.15) is 12.6 Å². The normalized spacial score (nSPS) is 13.4. The van der Waals surface area contributed by atoms with Gasteiger partial charge in [0, 0.05) is 29.4 Å². The number of hydrogen-bond acceptors (Lipinski definition) is 3. The van der Waals surface area contributed by atoms with Crippen molar-refractivity contribution in [1.82, 2.24) is 10.3 Å². The van der Waals surface area contributed by atoms with Crippen molar-refractivity contribution in [1.29, 1.82) is 0 Å². The quantitative estimate of drug-likeness (QED) is 0.393. The fourth-order valence-electron chi connectivity index (χ4n) is 4.81. The van der Waals surface area contributed by atoms with Gasteiger partial charge in [0.25, 0.3) is 0 Å². The molecule has 1 heterocycles. The van der Waals surface area contributed by atoms with Crippen molar-refractivity contribution < 1.29 is 19.4 Å². The van der Waals surface area contributed by atoms with Gasteiger partial charge in [-0.1, -0.05) is 60.7 Å². The summed E-state index contributed by atoms with van der Waals surface area (Å²) in [4.78, 5) is 27.7. The smallest absolute Gasteiger partial charge is 0.407 e. The number of hydrogen-bond donors (Lipinski definition) is 3. The van der Waals surface area contributed by atoms with Crippen LogP contribution in [0.4, 0.5) is 4.79 Å². The molecule has 0 spiro atoms. The van der Waals surface area contributed by atoms with Crippen LogP contribution in [0.3, 0.4) is 0 Å². The predicted octanol–water partition coefficient (Wildman–Crippen LogP) is 5.01. The summed E-state index contributed by atoms with van der Waals surface area (Å²) in [5.74, 6) is -1.19. The number of ether oxygens (including phenoxy) is 1. The van der Waals surface area contributed by atoms with E-state index in [2.05, 4.69) is 22.4 Å². The molecule has 1 amide bonds. The summed E-state index contributed by atoms with van der Waals surface area (Å²) in [6.45, 7) is 2.12. The lowest BCUT2D eigenvalue weighted by molar-refractivity contribution is -0.139. The van der Waals surface area contributed by atoms with Gasteiger partial charge < -0.3 is 20.1 Å². The first kappa shape index (κ1) is 20.8. The number of rotatable bonds is 6. The van der Waals surface area contributed by atoms with Crippen LogP contribution in [0.5, 0.6) is 0 Å². The highest BCUT2D eigenvalue weighted by molar-refractivity contribution is 5.88. The number of aliphatic carboxylic acids is 1. The van der Waals surface area contributed by atoms with Crippen molar-refractivity contribution in [2.45, 2.75) is 25.3 Å². The van der Waals surface area contributed by atoms with Crippen molar-refractivity contribution in [3.8, 4) is 11.1 Å². The number of fused-ring (bicyclic) bond motifs is 4. The molecule has 3 aromatic carbocycles. The van der Waals surface area contributed by atoms with Crippen LogP contribution in [0.25, 0.3) is 22.0 Å². The number of aromatic amines is 1. The molecule has 1 atom stereocenters. The molecule has 0 saturated carbocycles. The van der Waals surface area contributed by atoms with E-state index in [1.807, 2.05) is 61.5 Å². The Kier molecular flexibility index (Phi) is 5.34. The zero-order valence-corrected chi connectivity index (χ0v) is 18.2. The van der Waals surface area contributed by atoms with Crippen LogP contribution in [0.1, 0.15) is 28.2 Å². The monoisotopic (exact) mass is 440 g/mol. The molecule has 166 valence electrons. The molecular formula is C27H24N2O4. The average Bonchev–Trinajstić information content (AvgIpc) is 3.37. The molecule has 1 aliphatic rings. The lowest BCUT2D eigenvalue weighted by Crippen LogP contribution is -2.42. The van der Waals surface area contributed by atoms with Gasteiger partial charge in [-0.25, -0.2) is 9.59 Å². The molecule has 0 aliphatic heterocycles. The van der Waals surface area contributed by atoms with Gasteiger partial charge in [-0.05, 0) is 46.4 Å². The number of alkyl carbamates (subject to hydrolysis) is 1. The highest BCUT2D eigenvalue weighted by Crippen LogP contribution is 2.44. The molecule has 6 heteroatoms. The molecule has 33 heavy (non-hydrogen) atoms. The molecule has 0 fully saturated rings. The second-order valence-electron chi connectivity index (χ2n) is 8.38. The summed E-state index contributed by atoms with van der Waals surface area (Å²) in [6, 6.07) is 20.9. The van der Waals surface area contributed by atoms with Gasteiger partial charge in [0.15, 0.2) is 0 Å². The Bertz CT molecular complexity index is 1310. The first-order chi connectivity index (χ1) is 16.0. The minimum Gasteiger partial charge on any atom is -0.480 e. The van der Waals surface area contributed by atoms with Crippen molar-refractivity contribution in [3.05, 3.63) is 95.2 Å². The second kappa shape index (κ2) is 8.47. The fraction of sp³-hybridized carbons (Fsp3) is 0.185. The average molecular weight is 440 g/mol. The second-order valence-corrected chi connectivity index (χ2v) is 8.38. The van der Waals surface area contributed by atoms with Crippen molar-refractivity contribution >= 4 is 23.0 Å². The first-order valence-corrected chi connectivity index (χ1v) is 10.9. The number of aryl methyl sites for hydroxylation is 1. The van der Waals surface area contributed by atoms with Crippen molar-refractivity contribution in [3.63, 3.8) is 0 Å². The number of nitrogens with one attached hydrogen (secondary N) is 2. The topological polar surface area (TPSA) is 91.4 Å². The van der Waals surface area contributed by atoms with Crippen LogP contribution >= 0.6 is 0 Å². The van der Waals surface area contributed by atoms with E-state index in [0.29, 0.717) is 0 Å². The molecule has 3 N–H and O–H groups in total. The van der Waals surface area contributed by atoms with E-state index in [1.54, 1.807) is 6.20 Å². The molecule has 1 aliphatic carbocycles. The van der Waals surface area contributed by atoms with E-state index in [0.717, 1.165) is 44.3 Å². The SMILES string of the molecule is Cc1cccc2[nH]cc(C[C@H](NC(=O)OCC3c4ccccc4-c4ccccc43)C(=O)O)c12. The number of carboxylic acids is 1. The zero-order chi connectivity index (χ0) is 22.9. The molecule has 4 aromatic rings. The van der Waals surface area contributed by atoms with Gasteiger partial charge in [-0.2, -0.15) is 0 Å². The van der Waals surface area contributed by atoms with E-state index in [4.69, 9.17) is 4.74 Å². The Labute approximate surface area is 191 Å². The molecular weight excluding hydrogens is 416 g/mol. The molecule has 0 unspecified atom stereocenters. The van der Waals surface area contributed by atoms with E-state index in [-0.39, 0.29) is 18.9 Å². The predicted molar refractivity (Wildman–Crippen MR) is 126 cm³/mol. The first-order valence-electron chi connectivity index (χ1n) is 10.9. The van der Waals surface area contributed by atoms with E-state index in [1.165, 1.54) is 0 Å².